The van der Waals surface area contributed by atoms with Gasteiger partial charge in [0.05, 0.1) is 16.8 Å². The molecule has 4 rings (SSSR count). The van der Waals surface area contributed by atoms with Crippen LogP contribution in [0.3, 0.4) is 0 Å². The van der Waals surface area contributed by atoms with Crippen LogP contribution in [0.15, 0.2) is 42.5 Å². The Morgan fingerprint density at radius 3 is 2.73 bits per heavy atom. The zero-order chi connectivity index (χ0) is 23.5. The van der Waals surface area contributed by atoms with Crippen molar-refractivity contribution in [1.82, 2.24) is 19.9 Å². The average molecular weight is 444 g/mol. The highest BCUT2D eigenvalue weighted by Crippen LogP contribution is 2.32. The van der Waals surface area contributed by atoms with Gasteiger partial charge >= 0.3 is 12.0 Å². The molecule has 2 heterocycles. The molecular weight excluding hydrogens is 428 g/mol. The smallest absolute Gasteiger partial charge is 0.337 e. The van der Waals surface area contributed by atoms with Gasteiger partial charge in [-0.25, -0.2) is 9.78 Å². The topological polar surface area (TPSA) is 196 Å². The second kappa shape index (κ2) is 8.52. The highest BCUT2D eigenvalue weighted by molar-refractivity contribution is 5.92. The van der Waals surface area contributed by atoms with Crippen molar-refractivity contribution in [2.24, 2.45) is 5.73 Å². The maximum absolute atomic E-state index is 11.5. The molecule has 12 heteroatoms. The maximum atomic E-state index is 11.5. The molecule has 6 N–H and O–H groups in total. The first-order valence-corrected chi connectivity index (χ1v) is 9.41. The van der Waals surface area contributed by atoms with Gasteiger partial charge in [-0.1, -0.05) is 12.1 Å². The monoisotopic (exact) mass is 444 g/mol. The Balaban J connectivity index is 1.75. The molecule has 0 bridgehead atoms. The van der Waals surface area contributed by atoms with Gasteiger partial charge < -0.3 is 30.6 Å². The molecule has 0 radical (unpaired) electrons. The van der Waals surface area contributed by atoms with Crippen LogP contribution in [0.1, 0.15) is 21.7 Å². The van der Waals surface area contributed by atoms with Gasteiger partial charge in [0, 0.05) is 0 Å². The number of H-pyrrole nitrogens is 1. The molecule has 0 aliphatic rings. The third-order valence-corrected chi connectivity index (χ3v) is 4.32. The SMILES string of the molecule is Cc1nc2c(Oc3ccc(C#N)c(C(=O)O)c3)nc(Oc3ccccc3NC(=N)N)nc2[nH]1. The van der Waals surface area contributed by atoms with Crippen molar-refractivity contribution in [3.05, 3.63) is 59.4 Å². The molecule has 12 nitrogen and oxygen atoms in total. The number of carboxylic acid groups (broad SMARTS) is 1. The number of para-hydroxylation sites is 2. The van der Waals surface area contributed by atoms with E-state index in [9.17, 15) is 9.90 Å². The van der Waals surface area contributed by atoms with Crippen LogP contribution < -0.4 is 20.5 Å². The molecule has 0 amide bonds. The Morgan fingerprint density at radius 1 is 1.21 bits per heavy atom. The van der Waals surface area contributed by atoms with E-state index >= 15 is 0 Å². The van der Waals surface area contributed by atoms with Gasteiger partial charge in [-0.2, -0.15) is 15.2 Å². The van der Waals surface area contributed by atoms with Crippen LogP contribution in [0.5, 0.6) is 23.4 Å². The van der Waals surface area contributed by atoms with E-state index in [0.29, 0.717) is 28.4 Å². The lowest BCUT2D eigenvalue weighted by atomic mass is 10.1. The number of hydrogen-bond acceptors (Lipinski definition) is 8. The van der Waals surface area contributed by atoms with Crippen LogP contribution >= 0.6 is 0 Å². The van der Waals surface area contributed by atoms with Gasteiger partial charge in [0.15, 0.2) is 22.9 Å². The number of anilines is 1. The Labute approximate surface area is 186 Å². The summed E-state index contributed by atoms with van der Waals surface area (Å²) < 4.78 is 11.6. The molecule has 4 aromatic rings. The number of nitriles is 1. The number of hydrogen-bond donors (Lipinski definition) is 5. The predicted octanol–water partition coefficient (Wildman–Crippen LogP) is 3.12. The minimum absolute atomic E-state index is 0.00287. The molecule has 164 valence electrons. The summed E-state index contributed by atoms with van der Waals surface area (Å²) in [4.78, 5) is 27.3. The highest BCUT2D eigenvalue weighted by atomic mass is 16.5. The zero-order valence-electron chi connectivity index (χ0n) is 17.1. The largest absolute Gasteiger partial charge is 0.478 e. The van der Waals surface area contributed by atoms with Crippen molar-refractivity contribution in [3.8, 4) is 29.5 Å². The van der Waals surface area contributed by atoms with E-state index in [1.54, 1.807) is 31.2 Å². The third kappa shape index (κ3) is 4.47. The number of fused-ring (bicyclic) bond motifs is 1. The predicted molar refractivity (Wildman–Crippen MR) is 117 cm³/mol. The highest BCUT2D eigenvalue weighted by Gasteiger charge is 2.18. The Morgan fingerprint density at radius 2 is 2.00 bits per heavy atom. The van der Waals surface area contributed by atoms with Crippen molar-refractivity contribution >= 4 is 28.8 Å². The van der Waals surface area contributed by atoms with Gasteiger partial charge in [0.1, 0.15) is 17.6 Å². The first-order valence-electron chi connectivity index (χ1n) is 9.41. The molecule has 0 atom stereocenters. The van der Waals surface area contributed by atoms with E-state index in [2.05, 4.69) is 25.3 Å². The standard InChI is InChI=1S/C21H16N8O4/c1-10-25-16-17(26-10)28-21(33-15-5-3-2-4-14(15)27-20(23)24)29-18(16)32-12-7-6-11(9-22)13(8-12)19(30)31/h2-8H,1H3,(H,30,31)(H4,23,24,27)(H,25,26,28,29). The number of aromatic amines is 1. The van der Waals surface area contributed by atoms with Crippen molar-refractivity contribution in [2.75, 3.05) is 5.32 Å². The van der Waals surface area contributed by atoms with E-state index in [1.807, 2.05) is 6.07 Å². The van der Waals surface area contributed by atoms with Gasteiger partial charge in [-0.05, 0) is 37.3 Å². The lowest BCUT2D eigenvalue weighted by molar-refractivity contribution is 0.0696. The number of rotatable bonds is 6. The Kier molecular flexibility index (Phi) is 5.44. The average Bonchev–Trinajstić information content (AvgIpc) is 3.15. The van der Waals surface area contributed by atoms with Crippen molar-refractivity contribution in [3.63, 3.8) is 0 Å². The van der Waals surface area contributed by atoms with Crippen LogP contribution in [-0.2, 0) is 0 Å². The summed E-state index contributed by atoms with van der Waals surface area (Å²) in [6, 6.07) is 12.5. The first kappa shape index (κ1) is 21.1. The molecule has 2 aromatic carbocycles. The molecule has 0 saturated carbocycles. The van der Waals surface area contributed by atoms with E-state index in [1.165, 1.54) is 18.2 Å². The normalized spacial score (nSPS) is 10.4. The summed E-state index contributed by atoms with van der Waals surface area (Å²) in [5.41, 5.74) is 6.26. The van der Waals surface area contributed by atoms with E-state index in [0.717, 1.165) is 0 Å². The molecule has 0 spiro atoms. The summed E-state index contributed by atoms with van der Waals surface area (Å²) in [5.74, 6) is -0.537. The Hall–Kier alpha value is -5.18. The number of aromatic nitrogens is 4. The molecule has 0 fully saturated rings. The Bertz CT molecular complexity index is 1440. The quantitative estimate of drug-likeness (QED) is 0.218. The number of nitrogens with two attached hydrogens (primary N) is 1. The van der Waals surface area contributed by atoms with Crippen molar-refractivity contribution in [1.29, 1.82) is 10.7 Å². The molecule has 0 aliphatic carbocycles. The van der Waals surface area contributed by atoms with Crippen LogP contribution in [0, 0.1) is 23.7 Å². The summed E-state index contributed by atoms with van der Waals surface area (Å²) >= 11 is 0. The molecule has 2 aromatic heterocycles. The fourth-order valence-corrected chi connectivity index (χ4v) is 2.96. The van der Waals surface area contributed by atoms with Gasteiger partial charge in [0.2, 0.25) is 0 Å². The molecule has 33 heavy (non-hydrogen) atoms. The molecule has 0 saturated heterocycles. The number of nitrogens with zero attached hydrogens (tertiary/aromatic N) is 4. The number of imidazole rings is 1. The second-order valence-corrected chi connectivity index (χ2v) is 6.69. The lowest BCUT2D eigenvalue weighted by Crippen LogP contribution is -2.20. The summed E-state index contributed by atoms with van der Waals surface area (Å²) in [6.45, 7) is 1.72. The van der Waals surface area contributed by atoms with Crippen LogP contribution in [0.25, 0.3) is 11.2 Å². The van der Waals surface area contributed by atoms with Gasteiger partial charge in [0.25, 0.3) is 5.88 Å². The van der Waals surface area contributed by atoms with E-state index in [4.69, 9.17) is 25.9 Å². The first-order chi connectivity index (χ1) is 15.8. The third-order valence-electron chi connectivity index (χ3n) is 4.32. The van der Waals surface area contributed by atoms with E-state index in [-0.39, 0.29) is 34.7 Å². The van der Waals surface area contributed by atoms with E-state index < -0.39 is 5.97 Å². The lowest BCUT2D eigenvalue weighted by Gasteiger charge is -2.12. The molecule has 0 aliphatic heterocycles. The van der Waals surface area contributed by atoms with Crippen LogP contribution in [-0.4, -0.2) is 37.0 Å². The number of carbonyl (C=O) groups is 1. The van der Waals surface area contributed by atoms with Crippen molar-refractivity contribution in [2.45, 2.75) is 6.92 Å². The number of carboxylic acids is 1. The van der Waals surface area contributed by atoms with Gasteiger partial charge in [-0.3, -0.25) is 5.41 Å². The number of nitrogens with one attached hydrogen (secondary N) is 3. The minimum atomic E-state index is -1.26. The number of guanidine groups is 1. The zero-order valence-corrected chi connectivity index (χ0v) is 17.1. The van der Waals surface area contributed by atoms with Gasteiger partial charge in [-0.15, -0.1) is 0 Å². The fourth-order valence-electron chi connectivity index (χ4n) is 2.96. The molecule has 0 unspecified atom stereocenters. The number of aromatic carboxylic acids is 1. The summed E-state index contributed by atoms with van der Waals surface area (Å²) in [5, 5.41) is 28.6. The fraction of sp³-hybridized carbons (Fsp3) is 0.0476. The minimum Gasteiger partial charge on any atom is -0.478 e. The number of benzene rings is 2. The van der Waals surface area contributed by atoms with Crippen molar-refractivity contribution < 1.29 is 19.4 Å². The summed E-state index contributed by atoms with van der Waals surface area (Å²) in [6.07, 6.45) is 0. The second-order valence-electron chi connectivity index (χ2n) is 6.69. The molecular formula is C21H16N8O4. The van der Waals surface area contributed by atoms with Crippen LogP contribution in [0.2, 0.25) is 0 Å². The maximum Gasteiger partial charge on any atom is 0.337 e. The number of aryl methyl sites for hydroxylation is 1. The number of ether oxygens (including phenoxy) is 2. The summed E-state index contributed by atoms with van der Waals surface area (Å²) in [7, 11) is 0. The van der Waals surface area contributed by atoms with Crippen LogP contribution in [0.4, 0.5) is 5.69 Å².